The second kappa shape index (κ2) is 11.1. The third kappa shape index (κ3) is 5.44. The number of aromatic nitrogens is 2. The number of benzene rings is 2. The summed E-state index contributed by atoms with van der Waals surface area (Å²) in [7, 11) is 0. The first-order chi connectivity index (χ1) is 17.9. The first-order valence-electron chi connectivity index (χ1n) is 11.0. The molecule has 2 aromatic carbocycles. The van der Waals surface area contributed by atoms with Gasteiger partial charge in [0, 0.05) is 34.2 Å². The number of rotatable bonds is 8. The second-order valence-electron chi connectivity index (χ2n) is 7.57. The summed E-state index contributed by atoms with van der Waals surface area (Å²) in [5.41, 5.74) is 2.46. The molecule has 0 unspecified atom stereocenters. The minimum atomic E-state index is -0.735. The largest absolute Gasteiger partial charge is 0.462 e. The van der Waals surface area contributed by atoms with Gasteiger partial charge in [-0.05, 0) is 18.6 Å². The van der Waals surface area contributed by atoms with Crippen LogP contribution in [0.1, 0.15) is 22.8 Å². The van der Waals surface area contributed by atoms with Crippen LogP contribution in [0.4, 0.5) is 10.7 Å². The molecule has 0 spiro atoms. The molecule has 37 heavy (non-hydrogen) atoms. The summed E-state index contributed by atoms with van der Waals surface area (Å²) < 4.78 is 5.21. The molecule has 0 aliphatic carbocycles. The lowest BCUT2D eigenvalue weighted by atomic mass is 10.0. The van der Waals surface area contributed by atoms with Gasteiger partial charge in [0.2, 0.25) is 0 Å². The van der Waals surface area contributed by atoms with Gasteiger partial charge in [-0.2, -0.15) is 10.4 Å². The molecule has 10 nitrogen and oxygen atoms in total. The van der Waals surface area contributed by atoms with Crippen molar-refractivity contribution in [3.8, 4) is 28.5 Å². The van der Waals surface area contributed by atoms with E-state index >= 15 is 0 Å². The van der Waals surface area contributed by atoms with E-state index in [0.29, 0.717) is 22.4 Å². The van der Waals surface area contributed by atoms with Crippen LogP contribution >= 0.6 is 11.3 Å². The van der Waals surface area contributed by atoms with E-state index in [0.717, 1.165) is 16.9 Å². The fourth-order valence-corrected chi connectivity index (χ4v) is 4.52. The Labute approximate surface area is 215 Å². The van der Waals surface area contributed by atoms with Crippen LogP contribution < -0.4 is 5.32 Å². The number of H-pyrrole nitrogens is 1. The highest BCUT2D eigenvalue weighted by atomic mass is 32.1. The highest BCUT2D eigenvalue weighted by Crippen LogP contribution is 2.36. The zero-order valence-electron chi connectivity index (χ0n) is 19.4. The van der Waals surface area contributed by atoms with Gasteiger partial charge in [-0.15, -0.1) is 11.3 Å². The van der Waals surface area contributed by atoms with Crippen molar-refractivity contribution in [1.29, 1.82) is 5.26 Å². The van der Waals surface area contributed by atoms with Crippen molar-refractivity contribution >= 4 is 40.0 Å². The molecule has 0 aliphatic rings. The maximum Gasteiger partial charge on any atom is 0.341 e. The number of nitriles is 1. The summed E-state index contributed by atoms with van der Waals surface area (Å²) in [5.74, 6) is -1.33. The summed E-state index contributed by atoms with van der Waals surface area (Å²) in [6, 6.07) is 17.0. The molecule has 4 aromatic rings. The van der Waals surface area contributed by atoms with Crippen molar-refractivity contribution in [2.45, 2.75) is 6.92 Å². The molecule has 184 valence electrons. The van der Waals surface area contributed by atoms with Gasteiger partial charge in [-0.25, -0.2) is 4.79 Å². The van der Waals surface area contributed by atoms with Gasteiger partial charge < -0.3 is 10.1 Å². The number of non-ortho nitro benzene ring substituents is 1. The molecule has 2 N–H and O–H groups in total. The van der Waals surface area contributed by atoms with Gasteiger partial charge >= 0.3 is 5.97 Å². The Hall–Kier alpha value is -5.08. The number of nitrogens with one attached hydrogen (secondary N) is 2. The normalized spacial score (nSPS) is 11.0. The third-order valence-corrected chi connectivity index (χ3v) is 6.16. The average Bonchev–Trinajstić information content (AvgIpc) is 3.55. The molecule has 0 atom stereocenters. The minimum Gasteiger partial charge on any atom is -0.462 e. The highest BCUT2D eigenvalue weighted by molar-refractivity contribution is 7.15. The SMILES string of the molecule is CCOC(=O)c1c(-c2ccccc2)csc1NC(=O)/C(C#N)=C/c1cn[nH]c1-c1cccc([N+](=O)[O-])c1. The molecule has 0 saturated carbocycles. The van der Waals surface area contributed by atoms with Crippen molar-refractivity contribution in [3.63, 3.8) is 0 Å². The van der Waals surface area contributed by atoms with Crippen LogP contribution in [0.3, 0.4) is 0 Å². The van der Waals surface area contributed by atoms with Crippen LogP contribution in [-0.2, 0) is 9.53 Å². The highest BCUT2D eigenvalue weighted by Gasteiger charge is 2.24. The van der Waals surface area contributed by atoms with Crippen molar-refractivity contribution in [2.75, 3.05) is 11.9 Å². The minimum absolute atomic E-state index is 0.112. The number of nitro benzene ring substituents is 1. The van der Waals surface area contributed by atoms with Crippen LogP contribution in [0, 0.1) is 21.4 Å². The Morgan fingerprint density at radius 2 is 1.97 bits per heavy atom. The Morgan fingerprint density at radius 3 is 2.68 bits per heavy atom. The van der Waals surface area contributed by atoms with Crippen molar-refractivity contribution in [1.82, 2.24) is 10.2 Å². The van der Waals surface area contributed by atoms with Gasteiger partial charge in [0.25, 0.3) is 11.6 Å². The first kappa shape index (κ1) is 25.0. The molecule has 11 heteroatoms. The van der Waals surface area contributed by atoms with Gasteiger partial charge in [0.15, 0.2) is 0 Å². The van der Waals surface area contributed by atoms with Crippen molar-refractivity contribution < 1.29 is 19.2 Å². The number of nitro groups is 1. The van der Waals surface area contributed by atoms with Crippen molar-refractivity contribution in [3.05, 3.63) is 93.0 Å². The first-order valence-corrected chi connectivity index (χ1v) is 11.9. The average molecular weight is 514 g/mol. The summed E-state index contributed by atoms with van der Waals surface area (Å²) >= 11 is 1.14. The van der Waals surface area contributed by atoms with E-state index in [2.05, 4.69) is 15.5 Å². The number of esters is 1. The molecule has 4 rings (SSSR count). The molecule has 0 fully saturated rings. The van der Waals surface area contributed by atoms with E-state index in [4.69, 9.17) is 4.74 Å². The van der Waals surface area contributed by atoms with Gasteiger partial charge in [0.05, 0.1) is 23.4 Å². The van der Waals surface area contributed by atoms with Crippen LogP contribution in [0.5, 0.6) is 0 Å². The summed E-state index contributed by atoms with van der Waals surface area (Å²) in [6.45, 7) is 1.84. The van der Waals surface area contributed by atoms with E-state index in [1.807, 2.05) is 36.4 Å². The van der Waals surface area contributed by atoms with Gasteiger partial charge in [0.1, 0.15) is 22.2 Å². The fourth-order valence-electron chi connectivity index (χ4n) is 3.57. The predicted octanol–water partition coefficient (Wildman–Crippen LogP) is 5.44. The van der Waals surface area contributed by atoms with Crippen LogP contribution in [-0.4, -0.2) is 33.6 Å². The van der Waals surface area contributed by atoms with Crippen LogP contribution in [0.25, 0.3) is 28.5 Å². The number of anilines is 1. The standard InChI is InChI=1S/C26H19N5O5S/c1-2-36-26(33)22-21(16-7-4-3-5-8-16)15-37-25(22)29-24(32)18(13-27)11-19-14-28-30-23(19)17-9-6-10-20(12-17)31(34)35/h3-12,14-15H,2H2,1H3,(H,28,30)(H,29,32)/b18-11+. The van der Waals surface area contributed by atoms with E-state index in [1.165, 1.54) is 30.5 Å². The molecule has 0 bridgehead atoms. The van der Waals surface area contributed by atoms with Crippen LogP contribution in [0.2, 0.25) is 0 Å². The van der Waals surface area contributed by atoms with Gasteiger partial charge in [-0.3, -0.25) is 20.0 Å². The number of carbonyl (C=O) groups excluding carboxylic acids is 2. The zero-order valence-corrected chi connectivity index (χ0v) is 20.2. The Morgan fingerprint density at radius 1 is 1.22 bits per heavy atom. The van der Waals surface area contributed by atoms with Crippen molar-refractivity contribution in [2.24, 2.45) is 0 Å². The molecule has 1 amide bonds. The molecule has 0 saturated heterocycles. The fraction of sp³-hybridized carbons (Fsp3) is 0.0769. The van der Waals surface area contributed by atoms with Gasteiger partial charge in [-0.1, -0.05) is 42.5 Å². The molecule has 0 aliphatic heterocycles. The number of thiophene rings is 1. The maximum absolute atomic E-state index is 13.1. The number of amides is 1. The lowest BCUT2D eigenvalue weighted by Crippen LogP contribution is -2.16. The van der Waals surface area contributed by atoms with Crippen LogP contribution in [0.15, 0.2) is 71.7 Å². The maximum atomic E-state index is 13.1. The Kier molecular flexibility index (Phi) is 7.51. The smallest absolute Gasteiger partial charge is 0.341 e. The van der Waals surface area contributed by atoms with E-state index in [-0.39, 0.29) is 28.4 Å². The van der Waals surface area contributed by atoms with E-state index in [9.17, 15) is 25.0 Å². The number of carbonyl (C=O) groups is 2. The molecular formula is C26H19N5O5S. The monoisotopic (exact) mass is 513 g/mol. The molecule has 2 heterocycles. The zero-order chi connectivity index (χ0) is 26.4. The number of nitrogens with zero attached hydrogens (tertiary/aromatic N) is 3. The summed E-state index contributed by atoms with van der Waals surface area (Å²) in [4.78, 5) is 36.5. The predicted molar refractivity (Wildman–Crippen MR) is 139 cm³/mol. The topological polar surface area (TPSA) is 151 Å². The summed E-state index contributed by atoms with van der Waals surface area (Å²) in [5, 5.41) is 32.2. The molecule has 0 radical (unpaired) electrons. The number of aromatic amines is 1. The molecular weight excluding hydrogens is 494 g/mol. The third-order valence-electron chi connectivity index (χ3n) is 5.26. The van der Waals surface area contributed by atoms with E-state index in [1.54, 1.807) is 18.4 Å². The lowest BCUT2D eigenvalue weighted by Gasteiger charge is -2.08. The Balaban J connectivity index is 1.67. The quantitative estimate of drug-likeness (QED) is 0.105. The number of ether oxygens (including phenoxy) is 1. The molecule has 2 aromatic heterocycles. The summed E-state index contributed by atoms with van der Waals surface area (Å²) in [6.07, 6.45) is 2.73. The number of hydrogen-bond acceptors (Lipinski definition) is 8. The number of hydrogen-bond donors (Lipinski definition) is 2. The Bertz CT molecular complexity index is 1550. The second-order valence-corrected chi connectivity index (χ2v) is 8.45. The lowest BCUT2D eigenvalue weighted by molar-refractivity contribution is -0.384. The van der Waals surface area contributed by atoms with E-state index < -0.39 is 16.8 Å².